The third kappa shape index (κ3) is 6.32. The van der Waals surface area contributed by atoms with Crippen LogP contribution in [0.1, 0.15) is 44.1 Å². The lowest BCUT2D eigenvalue weighted by atomic mass is 9.81. The Morgan fingerprint density at radius 2 is 1.96 bits per heavy atom. The molecule has 1 aromatic rings. The molecular weight excluding hydrogens is 330 g/mol. The van der Waals surface area contributed by atoms with E-state index in [0.717, 1.165) is 31.4 Å². The van der Waals surface area contributed by atoms with Crippen molar-refractivity contribution < 1.29 is 15.0 Å². The van der Waals surface area contributed by atoms with E-state index in [1.54, 1.807) is 0 Å². The molecule has 1 aliphatic rings. The molecule has 2 atom stereocenters. The number of carbonyl (C=O) groups is 1. The summed E-state index contributed by atoms with van der Waals surface area (Å²) in [6.45, 7) is 1.09. The van der Waals surface area contributed by atoms with E-state index in [1.807, 2.05) is 30.3 Å². The van der Waals surface area contributed by atoms with E-state index in [9.17, 15) is 9.90 Å². The van der Waals surface area contributed by atoms with Gasteiger partial charge < -0.3 is 20.8 Å². The second-order valence-corrected chi connectivity index (χ2v) is 7.31. The lowest BCUT2D eigenvalue weighted by Crippen LogP contribution is -2.49. The van der Waals surface area contributed by atoms with Gasteiger partial charge in [0.15, 0.2) is 0 Å². The first-order valence-electron chi connectivity index (χ1n) is 9.34. The number of aliphatic hydroxyl groups excluding tert-OH is 1. The third-order valence-electron chi connectivity index (χ3n) is 5.36. The van der Waals surface area contributed by atoms with E-state index in [0.29, 0.717) is 19.4 Å². The van der Waals surface area contributed by atoms with E-state index >= 15 is 0 Å². The molecule has 1 saturated carbocycles. The number of amides is 1. The van der Waals surface area contributed by atoms with Gasteiger partial charge >= 0.3 is 6.09 Å². The van der Waals surface area contributed by atoms with Crippen LogP contribution in [0, 0.1) is 16.7 Å². The molecule has 0 spiro atoms. The van der Waals surface area contributed by atoms with Gasteiger partial charge in [0.05, 0.1) is 18.2 Å². The zero-order valence-corrected chi connectivity index (χ0v) is 15.2. The summed E-state index contributed by atoms with van der Waals surface area (Å²) in [7, 11) is 0. The average Bonchev–Trinajstić information content (AvgIpc) is 3.09. The highest BCUT2D eigenvalue weighted by Gasteiger charge is 2.33. The maximum Gasteiger partial charge on any atom is 0.404 e. The quantitative estimate of drug-likeness (QED) is 0.514. The van der Waals surface area contributed by atoms with Gasteiger partial charge in [-0.25, -0.2) is 4.79 Å². The number of nitrogens with one attached hydrogen (secondary N) is 2. The normalized spacial score (nSPS) is 18.0. The van der Waals surface area contributed by atoms with Gasteiger partial charge in [0, 0.05) is 19.5 Å². The summed E-state index contributed by atoms with van der Waals surface area (Å²) in [6, 6.07) is 11.2. The Morgan fingerprint density at radius 3 is 2.58 bits per heavy atom. The summed E-state index contributed by atoms with van der Waals surface area (Å²) in [5, 5.41) is 34.2. The number of hydrogen-bond acceptors (Lipinski definition) is 4. The van der Waals surface area contributed by atoms with Gasteiger partial charge in [-0.3, -0.25) is 0 Å². The predicted octanol–water partition coefficient (Wildman–Crippen LogP) is 2.68. The largest absolute Gasteiger partial charge is 0.465 e. The van der Waals surface area contributed by atoms with Gasteiger partial charge in [-0.05, 0) is 36.7 Å². The average molecular weight is 359 g/mol. The van der Waals surface area contributed by atoms with Crippen LogP contribution in [-0.4, -0.2) is 41.5 Å². The summed E-state index contributed by atoms with van der Waals surface area (Å²) < 4.78 is 0. The van der Waals surface area contributed by atoms with Gasteiger partial charge in [0.25, 0.3) is 0 Å². The summed E-state index contributed by atoms with van der Waals surface area (Å²) in [5.41, 5.74) is 1.12. The molecule has 26 heavy (non-hydrogen) atoms. The van der Waals surface area contributed by atoms with Crippen LogP contribution in [0.15, 0.2) is 30.3 Å². The highest BCUT2D eigenvalue weighted by Crippen LogP contribution is 2.41. The van der Waals surface area contributed by atoms with Gasteiger partial charge in [0.1, 0.15) is 0 Å². The van der Waals surface area contributed by atoms with E-state index in [1.165, 1.54) is 12.8 Å². The molecule has 142 valence electrons. The molecule has 6 heteroatoms. The van der Waals surface area contributed by atoms with Crippen molar-refractivity contribution in [2.24, 2.45) is 5.41 Å². The molecule has 1 fully saturated rings. The number of nitrogens with zero attached hydrogens (tertiary/aromatic N) is 1. The monoisotopic (exact) mass is 359 g/mol. The van der Waals surface area contributed by atoms with E-state index in [2.05, 4.69) is 16.7 Å². The second-order valence-electron chi connectivity index (χ2n) is 7.31. The number of rotatable bonds is 10. The molecule has 0 heterocycles. The molecule has 1 aromatic carbocycles. The Hall–Kier alpha value is -2.10. The molecule has 0 aliphatic heterocycles. The van der Waals surface area contributed by atoms with Crippen molar-refractivity contribution in [2.45, 2.75) is 57.1 Å². The zero-order valence-electron chi connectivity index (χ0n) is 15.2. The van der Waals surface area contributed by atoms with E-state index in [-0.39, 0.29) is 5.41 Å². The molecule has 0 aromatic heterocycles. The van der Waals surface area contributed by atoms with Gasteiger partial charge in [-0.1, -0.05) is 43.2 Å². The summed E-state index contributed by atoms with van der Waals surface area (Å²) in [4.78, 5) is 11.1. The topological polar surface area (TPSA) is 105 Å². The maximum absolute atomic E-state index is 11.1. The van der Waals surface area contributed by atoms with Crippen LogP contribution in [0.4, 0.5) is 4.79 Å². The fraction of sp³-hybridized carbons (Fsp3) is 0.600. The molecule has 0 saturated heterocycles. The highest BCUT2D eigenvalue weighted by molar-refractivity contribution is 5.65. The number of hydrogen-bond donors (Lipinski definition) is 4. The standard InChI is InChI=1S/C20H29N3O3/c21-12-6-11-20(9-4-5-10-20)15-22-14-18(24)17(23-19(25)26)13-16-7-2-1-3-8-16/h1-3,7-8,17-18,22-24H,4-6,9-11,13-15H2,(H,25,26)/t17-,18-/m0/s1. The smallest absolute Gasteiger partial charge is 0.404 e. The predicted molar refractivity (Wildman–Crippen MR) is 99.7 cm³/mol. The Labute approximate surface area is 155 Å². The Balaban J connectivity index is 1.88. The fourth-order valence-corrected chi connectivity index (χ4v) is 3.90. The zero-order chi connectivity index (χ0) is 18.8. The van der Waals surface area contributed by atoms with E-state index < -0.39 is 18.2 Å². The van der Waals surface area contributed by atoms with Crippen LogP contribution in [0.25, 0.3) is 0 Å². The van der Waals surface area contributed by atoms with Crippen molar-refractivity contribution in [3.8, 4) is 6.07 Å². The molecule has 6 nitrogen and oxygen atoms in total. The Kier molecular flexibility index (Phi) is 7.89. The van der Waals surface area contributed by atoms with Crippen LogP contribution in [0.5, 0.6) is 0 Å². The van der Waals surface area contributed by atoms with Gasteiger partial charge in [-0.15, -0.1) is 0 Å². The van der Waals surface area contributed by atoms with Crippen molar-refractivity contribution in [1.82, 2.24) is 10.6 Å². The fourth-order valence-electron chi connectivity index (χ4n) is 3.90. The lowest BCUT2D eigenvalue weighted by molar-refractivity contribution is 0.113. The minimum Gasteiger partial charge on any atom is -0.465 e. The van der Waals surface area contributed by atoms with Crippen LogP contribution in [0.3, 0.4) is 0 Å². The number of aliphatic hydroxyl groups is 1. The van der Waals surface area contributed by atoms with Crippen LogP contribution >= 0.6 is 0 Å². The molecule has 4 N–H and O–H groups in total. The van der Waals surface area contributed by atoms with Crippen molar-refractivity contribution in [1.29, 1.82) is 5.26 Å². The SMILES string of the molecule is N#CCCC1(CNC[C@H](O)[C@H](Cc2ccccc2)NC(=O)O)CCCC1. The Bertz CT molecular complexity index is 594. The molecule has 1 amide bonds. The van der Waals surface area contributed by atoms with E-state index in [4.69, 9.17) is 10.4 Å². The Morgan fingerprint density at radius 1 is 1.27 bits per heavy atom. The second kappa shape index (κ2) is 10.1. The summed E-state index contributed by atoms with van der Waals surface area (Å²) in [6.07, 6.45) is 4.52. The highest BCUT2D eigenvalue weighted by atomic mass is 16.4. The minimum absolute atomic E-state index is 0.143. The number of carboxylic acid groups (broad SMARTS) is 1. The first kappa shape index (κ1) is 20.2. The van der Waals surface area contributed by atoms with Gasteiger partial charge in [-0.2, -0.15) is 5.26 Å². The first-order valence-corrected chi connectivity index (χ1v) is 9.34. The first-order chi connectivity index (χ1) is 12.5. The van der Waals surface area contributed by atoms with Crippen molar-refractivity contribution in [3.63, 3.8) is 0 Å². The van der Waals surface area contributed by atoms with Crippen molar-refractivity contribution >= 4 is 6.09 Å². The molecule has 0 radical (unpaired) electrons. The minimum atomic E-state index is -1.13. The third-order valence-corrected chi connectivity index (χ3v) is 5.36. The molecule has 1 aliphatic carbocycles. The number of benzene rings is 1. The lowest BCUT2D eigenvalue weighted by Gasteiger charge is -2.30. The van der Waals surface area contributed by atoms with Crippen LogP contribution in [0.2, 0.25) is 0 Å². The summed E-state index contributed by atoms with van der Waals surface area (Å²) >= 11 is 0. The molecule has 0 unspecified atom stereocenters. The number of nitriles is 1. The summed E-state index contributed by atoms with van der Waals surface area (Å²) in [5.74, 6) is 0. The van der Waals surface area contributed by atoms with Crippen molar-refractivity contribution in [3.05, 3.63) is 35.9 Å². The van der Waals surface area contributed by atoms with Crippen LogP contribution < -0.4 is 10.6 Å². The van der Waals surface area contributed by atoms with Gasteiger partial charge in [0.2, 0.25) is 0 Å². The molecule has 2 rings (SSSR count). The van der Waals surface area contributed by atoms with Crippen LogP contribution in [-0.2, 0) is 6.42 Å². The maximum atomic E-state index is 11.1. The molecular formula is C20H29N3O3. The molecule has 0 bridgehead atoms. The van der Waals surface area contributed by atoms with Crippen molar-refractivity contribution in [2.75, 3.05) is 13.1 Å².